The molecule has 0 aliphatic carbocycles. The van der Waals surface area contributed by atoms with Gasteiger partial charge in [0.15, 0.2) is 6.10 Å². The Hall–Kier alpha value is -1.94. The zero-order valence-electron chi connectivity index (χ0n) is 10.7. The molecule has 1 fully saturated rings. The summed E-state index contributed by atoms with van der Waals surface area (Å²) in [6.07, 6.45) is 2.55. The van der Waals surface area contributed by atoms with Gasteiger partial charge in [0.1, 0.15) is 12.3 Å². The Kier molecular flexibility index (Phi) is 4.47. The standard InChI is InChI=1S/C15H17NO3/c1-2-3-9-16-13(10-17)14(15(16)18)19-11-12-7-5-4-6-8-12/h2,4-8,10,13-14H,1,3,9,11H2/t13-,14+/m0/s1. The molecule has 1 aromatic rings. The third-order valence-electron chi connectivity index (χ3n) is 3.18. The highest BCUT2D eigenvalue weighted by Gasteiger charge is 2.47. The van der Waals surface area contributed by atoms with Gasteiger partial charge in [-0.05, 0) is 12.0 Å². The Labute approximate surface area is 112 Å². The van der Waals surface area contributed by atoms with Gasteiger partial charge < -0.3 is 14.4 Å². The number of nitrogens with zero attached hydrogens (tertiary/aromatic N) is 1. The molecule has 19 heavy (non-hydrogen) atoms. The number of carbonyl (C=O) groups is 2. The van der Waals surface area contributed by atoms with Gasteiger partial charge in [-0.3, -0.25) is 4.79 Å². The molecule has 0 saturated carbocycles. The van der Waals surface area contributed by atoms with Gasteiger partial charge >= 0.3 is 0 Å². The smallest absolute Gasteiger partial charge is 0.255 e. The van der Waals surface area contributed by atoms with Crippen LogP contribution in [-0.2, 0) is 20.9 Å². The summed E-state index contributed by atoms with van der Waals surface area (Å²) < 4.78 is 5.54. The van der Waals surface area contributed by atoms with Gasteiger partial charge in [0.2, 0.25) is 0 Å². The van der Waals surface area contributed by atoms with E-state index >= 15 is 0 Å². The Morgan fingerprint density at radius 2 is 2.05 bits per heavy atom. The minimum absolute atomic E-state index is 0.116. The Balaban J connectivity index is 1.89. The van der Waals surface area contributed by atoms with Gasteiger partial charge in [0.05, 0.1) is 6.61 Å². The lowest BCUT2D eigenvalue weighted by Gasteiger charge is -2.43. The van der Waals surface area contributed by atoms with E-state index < -0.39 is 12.1 Å². The van der Waals surface area contributed by atoms with Crippen molar-refractivity contribution < 1.29 is 14.3 Å². The molecule has 1 heterocycles. The first-order chi connectivity index (χ1) is 9.27. The molecule has 4 nitrogen and oxygen atoms in total. The normalized spacial score (nSPS) is 21.9. The monoisotopic (exact) mass is 259 g/mol. The van der Waals surface area contributed by atoms with Crippen LogP contribution in [0.2, 0.25) is 0 Å². The van der Waals surface area contributed by atoms with E-state index in [9.17, 15) is 9.59 Å². The van der Waals surface area contributed by atoms with Crippen molar-refractivity contribution in [3.05, 3.63) is 48.6 Å². The molecule has 0 radical (unpaired) electrons. The molecule has 100 valence electrons. The Morgan fingerprint density at radius 3 is 2.68 bits per heavy atom. The number of β-lactam (4-membered cyclic amide) rings is 1. The van der Waals surface area contributed by atoms with E-state index in [1.54, 1.807) is 6.08 Å². The highest BCUT2D eigenvalue weighted by atomic mass is 16.5. The van der Waals surface area contributed by atoms with Crippen molar-refractivity contribution >= 4 is 12.2 Å². The summed E-state index contributed by atoms with van der Waals surface area (Å²) in [4.78, 5) is 24.4. The molecule has 1 aromatic carbocycles. The average molecular weight is 259 g/mol. The second-order valence-corrected chi connectivity index (χ2v) is 4.45. The number of benzene rings is 1. The van der Waals surface area contributed by atoms with Gasteiger partial charge in [0, 0.05) is 6.54 Å². The molecule has 4 heteroatoms. The zero-order chi connectivity index (χ0) is 13.7. The summed E-state index contributed by atoms with van der Waals surface area (Å²) in [5.74, 6) is -0.116. The predicted molar refractivity (Wildman–Crippen MR) is 71.4 cm³/mol. The van der Waals surface area contributed by atoms with Crippen LogP contribution < -0.4 is 0 Å². The molecule has 0 bridgehead atoms. The van der Waals surface area contributed by atoms with Gasteiger partial charge in [-0.25, -0.2) is 0 Å². The molecule has 0 aromatic heterocycles. The third kappa shape index (κ3) is 2.90. The van der Waals surface area contributed by atoms with Gasteiger partial charge in [0.25, 0.3) is 5.91 Å². The maximum absolute atomic E-state index is 11.9. The minimum atomic E-state index is -0.637. The fraction of sp³-hybridized carbons (Fsp3) is 0.333. The van der Waals surface area contributed by atoms with E-state index in [-0.39, 0.29) is 5.91 Å². The summed E-state index contributed by atoms with van der Waals surface area (Å²) in [6.45, 7) is 4.47. The van der Waals surface area contributed by atoms with E-state index in [0.717, 1.165) is 11.8 Å². The summed E-state index contributed by atoms with van der Waals surface area (Å²) >= 11 is 0. The number of likely N-dealkylation sites (tertiary alicyclic amines) is 1. The van der Waals surface area contributed by atoms with Crippen molar-refractivity contribution in [2.45, 2.75) is 25.2 Å². The molecule has 0 unspecified atom stereocenters. The van der Waals surface area contributed by atoms with Crippen LogP contribution in [-0.4, -0.2) is 35.8 Å². The number of amides is 1. The molecule has 0 N–H and O–H groups in total. The topological polar surface area (TPSA) is 46.6 Å². The van der Waals surface area contributed by atoms with Gasteiger partial charge in [-0.2, -0.15) is 0 Å². The minimum Gasteiger partial charge on any atom is -0.361 e. The zero-order valence-corrected chi connectivity index (χ0v) is 10.7. The van der Waals surface area contributed by atoms with E-state index in [1.165, 1.54) is 4.90 Å². The van der Waals surface area contributed by atoms with Crippen LogP contribution in [0, 0.1) is 0 Å². The maximum atomic E-state index is 11.9. The lowest BCUT2D eigenvalue weighted by atomic mass is 9.99. The molecular weight excluding hydrogens is 242 g/mol. The maximum Gasteiger partial charge on any atom is 0.255 e. The molecule has 2 atom stereocenters. The summed E-state index contributed by atoms with van der Waals surface area (Å²) in [6, 6.07) is 9.13. The largest absolute Gasteiger partial charge is 0.361 e. The fourth-order valence-electron chi connectivity index (χ4n) is 2.10. The second kappa shape index (κ2) is 6.29. The average Bonchev–Trinajstić information content (AvgIpc) is 2.45. The quantitative estimate of drug-likeness (QED) is 0.424. The van der Waals surface area contributed by atoms with E-state index in [0.29, 0.717) is 19.6 Å². The highest BCUT2D eigenvalue weighted by Crippen LogP contribution is 2.23. The number of ether oxygens (including phenoxy) is 1. The van der Waals surface area contributed by atoms with Crippen LogP contribution >= 0.6 is 0 Å². The van der Waals surface area contributed by atoms with Gasteiger partial charge in [-0.1, -0.05) is 36.4 Å². The summed E-state index contributed by atoms with van der Waals surface area (Å²) in [5.41, 5.74) is 0.990. The molecule has 1 aliphatic rings. The molecule has 1 amide bonds. The Morgan fingerprint density at radius 1 is 1.32 bits per heavy atom. The lowest BCUT2D eigenvalue weighted by Crippen LogP contribution is -2.66. The van der Waals surface area contributed by atoms with Crippen LogP contribution in [0.3, 0.4) is 0 Å². The molecule has 2 rings (SSSR count). The van der Waals surface area contributed by atoms with Crippen LogP contribution in [0.4, 0.5) is 0 Å². The summed E-state index contributed by atoms with van der Waals surface area (Å²) in [7, 11) is 0. The molecule has 1 aliphatic heterocycles. The van der Waals surface area contributed by atoms with Gasteiger partial charge in [-0.15, -0.1) is 6.58 Å². The fourth-order valence-corrected chi connectivity index (χ4v) is 2.10. The van der Waals surface area contributed by atoms with Crippen molar-refractivity contribution in [1.82, 2.24) is 4.90 Å². The summed E-state index contributed by atoms with van der Waals surface area (Å²) in [5, 5.41) is 0. The number of aldehydes is 1. The number of rotatable bonds is 7. The number of hydrogen-bond acceptors (Lipinski definition) is 3. The third-order valence-corrected chi connectivity index (χ3v) is 3.18. The van der Waals surface area contributed by atoms with Crippen molar-refractivity contribution in [2.75, 3.05) is 6.54 Å². The first kappa shape index (κ1) is 13.5. The highest BCUT2D eigenvalue weighted by molar-refractivity contribution is 5.95. The van der Waals surface area contributed by atoms with E-state index in [2.05, 4.69) is 6.58 Å². The number of carbonyl (C=O) groups excluding carboxylic acids is 2. The predicted octanol–water partition coefficient (Wildman–Crippen LogP) is 1.56. The Bertz CT molecular complexity index is 458. The number of hydrogen-bond donors (Lipinski definition) is 0. The molecule has 1 saturated heterocycles. The van der Waals surface area contributed by atoms with Crippen LogP contribution in [0.5, 0.6) is 0 Å². The van der Waals surface area contributed by atoms with Crippen molar-refractivity contribution in [2.24, 2.45) is 0 Å². The van der Waals surface area contributed by atoms with Crippen LogP contribution in [0.25, 0.3) is 0 Å². The lowest BCUT2D eigenvalue weighted by molar-refractivity contribution is -0.176. The molecular formula is C15H17NO3. The van der Waals surface area contributed by atoms with Crippen LogP contribution in [0.1, 0.15) is 12.0 Å². The second-order valence-electron chi connectivity index (χ2n) is 4.45. The van der Waals surface area contributed by atoms with Crippen molar-refractivity contribution in [3.63, 3.8) is 0 Å². The first-order valence-electron chi connectivity index (χ1n) is 6.30. The first-order valence-corrected chi connectivity index (χ1v) is 6.30. The van der Waals surface area contributed by atoms with E-state index in [4.69, 9.17) is 4.74 Å². The van der Waals surface area contributed by atoms with Crippen LogP contribution in [0.15, 0.2) is 43.0 Å². The molecule has 0 spiro atoms. The van der Waals surface area contributed by atoms with E-state index in [1.807, 2.05) is 30.3 Å². The van der Waals surface area contributed by atoms with Crippen molar-refractivity contribution in [1.29, 1.82) is 0 Å². The SMILES string of the molecule is C=CCCN1C(=O)[C@H](OCc2ccccc2)[C@@H]1C=O. The van der Waals surface area contributed by atoms with Crippen molar-refractivity contribution in [3.8, 4) is 0 Å².